The van der Waals surface area contributed by atoms with Gasteiger partial charge in [-0.15, -0.1) is 0 Å². The van der Waals surface area contributed by atoms with Crippen molar-refractivity contribution in [2.24, 2.45) is 0 Å². The molecule has 0 heterocycles. The molecule has 0 aliphatic heterocycles. The van der Waals surface area contributed by atoms with E-state index in [2.05, 4.69) is 37.1 Å². The van der Waals surface area contributed by atoms with E-state index in [1.165, 1.54) is 0 Å². The molecule has 0 amide bonds. The third kappa shape index (κ3) is 7.84. The Bertz CT molecular complexity index is 277. The van der Waals surface area contributed by atoms with Crippen molar-refractivity contribution in [3.05, 3.63) is 0 Å². The topological polar surface area (TPSA) is 48.3 Å². The number of hydrogen-bond acceptors (Lipinski definition) is 4. The average molecular weight is 283 g/mol. The van der Waals surface area contributed by atoms with Gasteiger partial charge in [0.15, 0.2) is 0 Å². The van der Waals surface area contributed by atoms with Crippen LogP contribution < -0.4 is 5.32 Å². The molecule has 0 rings (SSSR count). The number of nitrogens with one attached hydrogen (secondary N) is 1. The van der Waals surface area contributed by atoms with E-state index in [4.69, 9.17) is 4.74 Å². The van der Waals surface area contributed by atoms with Crippen molar-refractivity contribution in [2.75, 3.05) is 33.4 Å². The molecule has 0 radical (unpaired) electrons. The van der Waals surface area contributed by atoms with E-state index in [-0.39, 0.29) is 5.54 Å². The fourth-order valence-corrected chi connectivity index (χ4v) is 2.41. The number of ether oxygens (including phenoxy) is 1. The highest BCUT2D eigenvalue weighted by Crippen LogP contribution is 2.14. The quantitative estimate of drug-likeness (QED) is 0.560. The number of hydrogen-bond donors (Lipinski definition) is 1. The molecule has 1 N–H and O–H groups in total. The predicted octanol–water partition coefficient (Wildman–Crippen LogP) is 2.80. The summed E-state index contributed by atoms with van der Waals surface area (Å²) in [5.41, 5.74) is -0.370. The van der Waals surface area contributed by atoms with Crippen LogP contribution in [0.3, 0.4) is 0 Å². The number of likely N-dealkylation sites (N-methyl/N-ethyl adjacent to an activating group) is 1. The molecule has 0 bridgehead atoms. The fourth-order valence-electron chi connectivity index (χ4n) is 2.41. The van der Waals surface area contributed by atoms with Gasteiger partial charge in [0.2, 0.25) is 0 Å². The fraction of sp³-hybridized carbons (Fsp3) is 0.938. The Morgan fingerprint density at radius 1 is 1.35 bits per heavy atom. The van der Waals surface area contributed by atoms with Crippen LogP contribution in [0.15, 0.2) is 0 Å². The van der Waals surface area contributed by atoms with Gasteiger partial charge in [-0.2, -0.15) is 5.26 Å². The van der Waals surface area contributed by atoms with Crippen LogP contribution in [0.5, 0.6) is 0 Å². The van der Waals surface area contributed by atoms with Crippen LogP contribution in [0.1, 0.15) is 53.4 Å². The molecule has 0 fully saturated rings. The lowest BCUT2D eigenvalue weighted by Crippen LogP contribution is -2.41. The molecular formula is C16H33N3O. The molecule has 2 unspecified atom stereocenters. The summed E-state index contributed by atoms with van der Waals surface area (Å²) < 4.78 is 5.21. The van der Waals surface area contributed by atoms with E-state index in [1.54, 1.807) is 7.11 Å². The second-order valence-corrected chi connectivity index (χ2v) is 5.76. The number of nitrogens with zero attached hydrogens (tertiary/aromatic N) is 2. The van der Waals surface area contributed by atoms with Crippen molar-refractivity contribution in [1.29, 1.82) is 5.26 Å². The van der Waals surface area contributed by atoms with Gasteiger partial charge in [0.05, 0.1) is 12.7 Å². The van der Waals surface area contributed by atoms with Crippen molar-refractivity contribution in [3.8, 4) is 6.07 Å². The number of nitriles is 1. The molecule has 0 aromatic rings. The predicted molar refractivity (Wildman–Crippen MR) is 84.7 cm³/mol. The van der Waals surface area contributed by atoms with Crippen LogP contribution in [0, 0.1) is 11.3 Å². The van der Waals surface area contributed by atoms with Crippen molar-refractivity contribution in [3.63, 3.8) is 0 Å². The minimum Gasteiger partial charge on any atom is -0.383 e. The van der Waals surface area contributed by atoms with Gasteiger partial charge in [-0.05, 0) is 59.2 Å². The van der Waals surface area contributed by atoms with Crippen LogP contribution in [-0.4, -0.2) is 49.8 Å². The SMILES string of the molecule is CCCNC(C)(C#N)CCCCN(CC)C(C)COC. The van der Waals surface area contributed by atoms with E-state index in [0.717, 1.165) is 51.9 Å². The first-order valence-corrected chi connectivity index (χ1v) is 7.92. The van der Waals surface area contributed by atoms with Gasteiger partial charge in [0, 0.05) is 13.2 Å². The summed E-state index contributed by atoms with van der Waals surface area (Å²) >= 11 is 0. The van der Waals surface area contributed by atoms with Crippen LogP contribution in [0.25, 0.3) is 0 Å². The summed E-state index contributed by atoms with van der Waals surface area (Å²) in [7, 11) is 1.75. The molecule has 118 valence electrons. The summed E-state index contributed by atoms with van der Waals surface area (Å²) in [4.78, 5) is 2.44. The normalized spacial score (nSPS) is 15.8. The average Bonchev–Trinajstić information content (AvgIpc) is 2.45. The highest BCUT2D eigenvalue weighted by atomic mass is 16.5. The Balaban J connectivity index is 4.00. The molecule has 2 atom stereocenters. The molecule has 4 heteroatoms. The Hall–Kier alpha value is -0.630. The zero-order valence-electron chi connectivity index (χ0n) is 14.0. The largest absolute Gasteiger partial charge is 0.383 e. The molecule has 4 nitrogen and oxygen atoms in total. The number of rotatable bonds is 12. The van der Waals surface area contributed by atoms with Gasteiger partial charge in [0.25, 0.3) is 0 Å². The highest BCUT2D eigenvalue weighted by molar-refractivity contribution is 5.03. The van der Waals surface area contributed by atoms with E-state index >= 15 is 0 Å². The highest BCUT2D eigenvalue weighted by Gasteiger charge is 2.22. The third-order valence-corrected chi connectivity index (χ3v) is 3.82. The Morgan fingerprint density at radius 2 is 2.05 bits per heavy atom. The second-order valence-electron chi connectivity index (χ2n) is 5.76. The standard InChI is InChI=1S/C16H33N3O/c1-6-11-18-16(4,14-17)10-8-9-12-19(7-2)15(3)13-20-5/h15,18H,6-13H2,1-5H3. The first-order chi connectivity index (χ1) is 9.52. The monoisotopic (exact) mass is 283 g/mol. The minimum atomic E-state index is -0.370. The lowest BCUT2D eigenvalue weighted by atomic mass is 9.96. The molecule has 0 aromatic heterocycles. The van der Waals surface area contributed by atoms with Gasteiger partial charge in [-0.1, -0.05) is 13.8 Å². The maximum atomic E-state index is 9.29. The van der Waals surface area contributed by atoms with Crippen LogP contribution in [0.2, 0.25) is 0 Å². The third-order valence-electron chi connectivity index (χ3n) is 3.82. The zero-order valence-corrected chi connectivity index (χ0v) is 14.0. The maximum absolute atomic E-state index is 9.29. The van der Waals surface area contributed by atoms with Crippen LogP contribution in [0.4, 0.5) is 0 Å². The zero-order chi connectivity index (χ0) is 15.4. The van der Waals surface area contributed by atoms with Gasteiger partial charge in [-0.25, -0.2) is 0 Å². The van der Waals surface area contributed by atoms with E-state index in [0.29, 0.717) is 6.04 Å². The van der Waals surface area contributed by atoms with Crippen molar-refractivity contribution in [2.45, 2.75) is 65.0 Å². The Morgan fingerprint density at radius 3 is 2.55 bits per heavy atom. The maximum Gasteiger partial charge on any atom is 0.103 e. The summed E-state index contributed by atoms with van der Waals surface area (Å²) in [5.74, 6) is 0. The van der Waals surface area contributed by atoms with Crippen molar-refractivity contribution in [1.82, 2.24) is 10.2 Å². The molecule has 0 aromatic carbocycles. The first kappa shape index (κ1) is 19.4. The van der Waals surface area contributed by atoms with E-state index in [1.807, 2.05) is 6.92 Å². The first-order valence-electron chi connectivity index (χ1n) is 7.92. The van der Waals surface area contributed by atoms with E-state index in [9.17, 15) is 5.26 Å². The second kappa shape index (κ2) is 11.1. The van der Waals surface area contributed by atoms with Crippen LogP contribution in [-0.2, 0) is 4.74 Å². The smallest absolute Gasteiger partial charge is 0.103 e. The molecule has 0 saturated carbocycles. The summed E-state index contributed by atoms with van der Waals surface area (Å²) in [5, 5.41) is 12.6. The summed E-state index contributed by atoms with van der Waals surface area (Å²) in [6, 6.07) is 2.88. The van der Waals surface area contributed by atoms with Crippen molar-refractivity contribution >= 4 is 0 Å². The number of methoxy groups -OCH3 is 1. The molecule has 0 aliphatic rings. The summed E-state index contributed by atoms with van der Waals surface area (Å²) in [6.45, 7) is 12.3. The number of unbranched alkanes of at least 4 members (excludes halogenated alkanes) is 1. The Labute approximate surface area is 125 Å². The molecule has 0 spiro atoms. The lowest BCUT2D eigenvalue weighted by Gasteiger charge is -2.28. The van der Waals surface area contributed by atoms with Gasteiger partial charge >= 0.3 is 0 Å². The molecular weight excluding hydrogens is 250 g/mol. The van der Waals surface area contributed by atoms with E-state index < -0.39 is 0 Å². The summed E-state index contributed by atoms with van der Waals surface area (Å²) in [6.07, 6.45) is 4.19. The van der Waals surface area contributed by atoms with Crippen LogP contribution >= 0.6 is 0 Å². The van der Waals surface area contributed by atoms with Gasteiger partial charge < -0.3 is 4.74 Å². The molecule has 0 saturated heterocycles. The van der Waals surface area contributed by atoms with Gasteiger partial charge in [-0.3, -0.25) is 10.2 Å². The Kier molecular flexibility index (Phi) is 10.7. The van der Waals surface area contributed by atoms with Gasteiger partial charge in [0.1, 0.15) is 5.54 Å². The van der Waals surface area contributed by atoms with Crippen molar-refractivity contribution < 1.29 is 4.74 Å². The molecule has 0 aliphatic carbocycles. The minimum absolute atomic E-state index is 0.370. The molecule has 20 heavy (non-hydrogen) atoms. The lowest BCUT2D eigenvalue weighted by molar-refractivity contribution is 0.101.